The second-order valence-corrected chi connectivity index (χ2v) is 4.60. The monoisotopic (exact) mass is 221 g/mol. The Kier molecular flexibility index (Phi) is 3.93. The maximum Gasteiger partial charge on any atom is 0.337 e. The molecule has 0 saturated carbocycles. The Labute approximate surface area is 96.7 Å². The molecule has 0 spiro atoms. The zero-order chi connectivity index (χ0) is 12.3. The van der Waals surface area contributed by atoms with Crippen LogP contribution >= 0.6 is 0 Å². The van der Waals surface area contributed by atoms with Crippen molar-refractivity contribution in [3.63, 3.8) is 0 Å². The molecule has 0 aliphatic rings. The third kappa shape index (κ3) is 2.99. The van der Waals surface area contributed by atoms with Gasteiger partial charge in [-0.1, -0.05) is 25.5 Å². The van der Waals surface area contributed by atoms with Crippen LogP contribution in [0.15, 0.2) is 18.2 Å². The minimum atomic E-state index is -0.866. The standard InChI is InChI=1S/C13H19NO2/c1-9(2)8-14(4)12-6-5-10(3)7-11(12)13(15)16/h5-7,9H,8H2,1-4H3,(H,15,16). The van der Waals surface area contributed by atoms with Gasteiger partial charge in [-0.25, -0.2) is 4.79 Å². The maximum absolute atomic E-state index is 11.1. The van der Waals surface area contributed by atoms with Crippen LogP contribution in [0, 0.1) is 12.8 Å². The van der Waals surface area contributed by atoms with E-state index in [0.29, 0.717) is 11.5 Å². The molecule has 3 nitrogen and oxygen atoms in total. The lowest BCUT2D eigenvalue weighted by molar-refractivity contribution is 0.0697. The number of carbonyl (C=O) groups is 1. The molecule has 0 bridgehead atoms. The first-order valence-electron chi connectivity index (χ1n) is 5.47. The highest BCUT2D eigenvalue weighted by atomic mass is 16.4. The minimum Gasteiger partial charge on any atom is -0.478 e. The summed E-state index contributed by atoms with van der Waals surface area (Å²) in [4.78, 5) is 13.1. The molecule has 0 heterocycles. The molecule has 0 fully saturated rings. The summed E-state index contributed by atoms with van der Waals surface area (Å²) in [6, 6.07) is 5.54. The largest absolute Gasteiger partial charge is 0.478 e. The summed E-state index contributed by atoms with van der Waals surface area (Å²) in [5.41, 5.74) is 2.13. The van der Waals surface area contributed by atoms with E-state index in [0.717, 1.165) is 17.8 Å². The van der Waals surface area contributed by atoms with Crippen LogP contribution in [-0.4, -0.2) is 24.7 Å². The average molecular weight is 221 g/mol. The number of aryl methyl sites for hydroxylation is 1. The lowest BCUT2D eigenvalue weighted by Gasteiger charge is -2.23. The first-order chi connectivity index (χ1) is 7.41. The number of nitrogens with zero attached hydrogens (tertiary/aromatic N) is 1. The fourth-order valence-electron chi connectivity index (χ4n) is 1.80. The Hall–Kier alpha value is -1.51. The van der Waals surface area contributed by atoms with Crippen molar-refractivity contribution < 1.29 is 9.90 Å². The third-order valence-corrected chi connectivity index (χ3v) is 2.43. The van der Waals surface area contributed by atoms with Crippen LogP contribution in [0.4, 0.5) is 5.69 Å². The first-order valence-corrected chi connectivity index (χ1v) is 5.47. The van der Waals surface area contributed by atoms with Crippen LogP contribution in [0.25, 0.3) is 0 Å². The molecule has 1 N–H and O–H groups in total. The zero-order valence-corrected chi connectivity index (χ0v) is 10.3. The molecule has 3 heteroatoms. The van der Waals surface area contributed by atoms with Gasteiger partial charge in [0.15, 0.2) is 0 Å². The van der Waals surface area contributed by atoms with Gasteiger partial charge in [-0.15, -0.1) is 0 Å². The molecule has 16 heavy (non-hydrogen) atoms. The van der Waals surface area contributed by atoms with Crippen molar-refractivity contribution in [3.8, 4) is 0 Å². The predicted octanol–water partition coefficient (Wildman–Crippen LogP) is 2.79. The highest BCUT2D eigenvalue weighted by Gasteiger charge is 2.14. The van der Waals surface area contributed by atoms with Crippen LogP contribution in [0.5, 0.6) is 0 Å². The molecule has 0 radical (unpaired) electrons. The number of hydrogen-bond acceptors (Lipinski definition) is 2. The summed E-state index contributed by atoms with van der Waals surface area (Å²) in [5, 5.41) is 9.15. The van der Waals surface area contributed by atoms with Crippen LogP contribution in [0.1, 0.15) is 29.8 Å². The van der Waals surface area contributed by atoms with E-state index in [4.69, 9.17) is 5.11 Å². The van der Waals surface area contributed by atoms with Gasteiger partial charge in [-0.05, 0) is 25.0 Å². The molecule has 0 aliphatic carbocycles. The number of carboxylic acid groups (broad SMARTS) is 1. The molecule has 0 aromatic heterocycles. The van der Waals surface area contributed by atoms with Crippen molar-refractivity contribution in [1.29, 1.82) is 0 Å². The first kappa shape index (κ1) is 12.6. The number of anilines is 1. The van der Waals surface area contributed by atoms with E-state index in [2.05, 4.69) is 13.8 Å². The van der Waals surface area contributed by atoms with Crippen LogP contribution in [-0.2, 0) is 0 Å². The summed E-state index contributed by atoms with van der Waals surface area (Å²) < 4.78 is 0. The van der Waals surface area contributed by atoms with Gasteiger partial charge in [0.1, 0.15) is 0 Å². The van der Waals surface area contributed by atoms with Gasteiger partial charge in [0, 0.05) is 13.6 Å². The number of benzene rings is 1. The Morgan fingerprint density at radius 1 is 1.44 bits per heavy atom. The van der Waals surface area contributed by atoms with Gasteiger partial charge in [-0.3, -0.25) is 0 Å². The van der Waals surface area contributed by atoms with Crippen molar-refractivity contribution in [2.45, 2.75) is 20.8 Å². The van der Waals surface area contributed by atoms with Gasteiger partial charge < -0.3 is 10.0 Å². The van der Waals surface area contributed by atoms with Gasteiger partial charge in [0.2, 0.25) is 0 Å². The number of hydrogen-bond donors (Lipinski definition) is 1. The summed E-state index contributed by atoms with van der Waals surface area (Å²) in [5.74, 6) is -0.359. The smallest absolute Gasteiger partial charge is 0.337 e. The van der Waals surface area contributed by atoms with Crippen molar-refractivity contribution in [2.24, 2.45) is 5.92 Å². The molecule has 1 aromatic rings. The summed E-state index contributed by atoms with van der Waals surface area (Å²) in [6.07, 6.45) is 0. The number of carboxylic acids is 1. The highest BCUT2D eigenvalue weighted by Crippen LogP contribution is 2.21. The van der Waals surface area contributed by atoms with Gasteiger partial charge in [0.05, 0.1) is 11.3 Å². The van der Waals surface area contributed by atoms with Crippen molar-refractivity contribution >= 4 is 11.7 Å². The molecule has 1 rings (SSSR count). The van der Waals surface area contributed by atoms with E-state index in [1.807, 2.05) is 31.0 Å². The number of rotatable bonds is 4. The molecule has 1 aromatic carbocycles. The maximum atomic E-state index is 11.1. The topological polar surface area (TPSA) is 40.5 Å². The van der Waals surface area contributed by atoms with Crippen LogP contribution < -0.4 is 4.90 Å². The summed E-state index contributed by atoms with van der Waals surface area (Å²) >= 11 is 0. The van der Waals surface area contributed by atoms with Crippen LogP contribution in [0.2, 0.25) is 0 Å². The third-order valence-electron chi connectivity index (χ3n) is 2.43. The Morgan fingerprint density at radius 2 is 2.06 bits per heavy atom. The second kappa shape index (κ2) is 5.01. The molecular weight excluding hydrogens is 202 g/mol. The number of aromatic carboxylic acids is 1. The lowest BCUT2D eigenvalue weighted by Crippen LogP contribution is -2.24. The molecular formula is C13H19NO2. The summed E-state index contributed by atoms with van der Waals surface area (Å²) in [7, 11) is 1.93. The van der Waals surface area contributed by atoms with Crippen molar-refractivity contribution in [1.82, 2.24) is 0 Å². The normalized spacial score (nSPS) is 10.6. The van der Waals surface area contributed by atoms with Gasteiger partial charge in [-0.2, -0.15) is 0 Å². The molecule has 0 aliphatic heterocycles. The zero-order valence-electron chi connectivity index (χ0n) is 10.3. The lowest BCUT2D eigenvalue weighted by atomic mass is 10.1. The quantitative estimate of drug-likeness (QED) is 0.850. The Bertz CT molecular complexity index is 386. The molecule has 0 saturated heterocycles. The predicted molar refractivity (Wildman–Crippen MR) is 66.2 cm³/mol. The van der Waals surface area contributed by atoms with Crippen molar-refractivity contribution in [2.75, 3.05) is 18.5 Å². The minimum absolute atomic E-state index is 0.378. The Morgan fingerprint density at radius 3 is 2.56 bits per heavy atom. The van der Waals surface area contributed by atoms with E-state index in [1.165, 1.54) is 0 Å². The Balaban J connectivity index is 3.07. The molecule has 0 unspecified atom stereocenters. The van der Waals surface area contributed by atoms with Crippen molar-refractivity contribution in [3.05, 3.63) is 29.3 Å². The van der Waals surface area contributed by atoms with E-state index >= 15 is 0 Å². The molecule has 88 valence electrons. The van der Waals surface area contributed by atoms with E-state index < -0.39 is 5.97 Å². The van der Waals surface area contributed by atoms with E-state index in [9.17, 15) is 4.79 Å². The molecule has 0 atom stereocenters. The van der Waals surface area contributed by atoms with Gasteiger partial charge in [0.25, 0.3) is 0 Å². The second-order valence-electron chi connectivity index (χ2n) is 4.60. The fourth-order valence-corrected chi connectivity index (χ4v) is 1.80. The van der Waals surface area contributed by atoms with E-state index in [1.54, 1.807) is 6.07 Å². The van der Waals surface area contributed by atoms with E-state index in [-0.39, 0.29) is 0 Å². The summed E-state index contributed by atoms with van der Waals surface area (Å²) in [6.45, 7) is 6.98. The molecule has 0 amide bonds. The average Bonchev–Trinajstić information content (AvgIpc) is 2.16. The SMILES string of the molecule is Cc1ccc(N(C)CC(C)C)c(C(=O)O)c1. The highest BCUT2D eigenvalue weighted by molar-refractivity contribution is 5.94. The van der Waals surface area contributed by atoms with Gasteiger partial charge >= 0.3 is 5.97 Å². The van der Waals surface area contributed by atoms with Crippen LogP contribution in [0.3, 0.4) is 0 Å². The fraction of sp³-hybridized carbons (Fsp3) is 0.462.